The minimum absolute atomic E-state index is 0.133. The van der Waals surface area contributed by atoms with Gasteiger partial charge in [-0.3, -0.25) is 4.90 Å². The maximum atomic E-state index is 6.53. The van der Waals surface area contributed by atoms with E-state index < -0.39 is 0 Å². The van der Waals surface area contributed by atoms with Crippen LogP contribution in [0.5, 0.6) is 11.5 Å². The lowest BCUT2D eigenvalue weighted by Gasteiger charge is -2.28. The molecule has 21 heavy (non-hydrogen) atoms. The van der Waals surface area contributed by atoms with Crippen molar-refractivity contribution in [3.05, 3.63) is 22.7 Å². The first-order valence-electron chi connectivity index (χ1n) is 7.50. The van der Waals surface area contributed by atoms with Crippen LogP contribution in [0.3, 0.4) is 0 Å². The summed E-state index contributed by atoms with van der Waals surface area (Å²) in [6.07, 6.45) is 2.45. The Bertz CT molecular complexity index is 482. The summed E-state index contributed by atoms with van der Waals surface area (Å²) in [5, 5.41) is 0.604. The predicted molar refractivity (Wildman–Crippen MR) is 86.3 cm³/mol. The molecular formula is C16H25ClN2O2. The fourth-order valence-electron chi connectivity index (χ4n) is 3.11. The van der Waals surface area contributed by atoms with Crippen molar-refractivity contribution < 1.29 is 9.47 Å². The van der Waals surface area contributed by atoms with Gasteiger partial charge < -0.3 is 15.2 Å². The Labute approximate surface area is 132 Å². The van der Waals surface area contributed by atoms with Crippen LogP contribution >= 0.6 is 11.6 Å². The third-order valence-corrected chi connectivity index (χ3v) is 4.82. The number of methoxy groups -OCH3 is 2. The summed E-state index contributed by atoms with van der Waals surface area (Å²) in [6, 6.07) is 4.03. The van der Waals surface area contributed by atoms with Crippen LogP contribution < -0.4 is 15.2 Å². The number of hydrogen-bond donors (Lipinski definition) is 1. The molecule has 2 unspecified atom stereocenters. The number of likely N-dealkylation sites (tertiary alicyclic amines) is 1. The molecule has 0 spiro atoms. The number of benzene rings is 1. The van der Waals surface area contributed by atoms with Crippen LogP contribution in [-0.2, 0) is 0 Å². The fourth-order valence-corrected chi connectivity index (χ4v) is 3.47. The molecule has 1 fully saturated rings. The molecule has 0 amide bonds. The summed E-state index contributed by atoms with van der Waals surface area (Å²) in [5.74, 6) is 1.99. The van der Waals surface area contributed by atoms with E-state index in [9.17, 15) is 0 Å². The zero-order valence-electron chi connectivity index (χ0n) is 13.1. The van der Waals surface area contributed by atoms with Crippen LogP contribution in [-0.4, -0.2) is 38.8 Å². The van der Waals surface area contributed by atoms with Crippen molar-refractivity contribution in [2.24, 2.45) is 11.7 Å². The summed E-state index contributed by atoms with van der Waals surface area (Å²) >= 11 is 6.53. The Balaban J connectivity index is 2.30. The average molecular weight is 313 g/mol. The van der Waals surface area contributed by atoms with E-state index in [0.29, 0.717) is 23.1 Å². The number of nitrogens with zero attached hydrogens (tertiary/aromatic N) is 1. The van der Waals surface area contributed by atoms with E-state index in [-0.39, 0.29) is 6.04 Å². The van der Waals surface area contributed by atoms with E-state index in [4.69, 9.17) is 26.8 Å². The maximum Gasteiger partial charge on any atom is 0.179 e. The number of halogens is 1. The summed E-state index contributed by atoms with van der Waals surface area (Å²) in [4.78, 5) is 2.43. The van der Waals surface area contributed by atoms with Crippen molar-refractivity contribution in [1.29, 1.82) is 0 Å². The van der Waals surface area contributed by atoms with Crippen LogP contribution in [0.2, 0.25) is 5.02 Å². The first-order chi connectivity index (χ1) is 10.2. The van der Waals surface area contributed by atoms with Gasteiger partial charge in [0.05, 0.1) is 19.2 Å². The molecule has 1 saturated heterocycles. The van der Waals surface area contributed by atoms with Crippen molar-refractivity contribution in [3.63, 3.8) is 0 Å². The summed E-state index contributed by atoms with van der Waals surface area (Å²) in [6.45, 7) is 4.95. The third kappa shape index (κ3) is 3.28. The van der Waals surface area contributed by atoms with Gasteiger partial charge in [-0.2, -0.15) is 0 Å². The van der Waals surface area contributed by atoms with Gasteiger partial charge in [0.15, 0.2) is 11.5 Å². The Morgan fingerprint density at radius 1 is 1.38 bits per heavy atom. The highest BCUT2D eigenvalue weighted by Crippen LogP contribution is 2.41. The quantitative estimate of drug-likeness (QED) is 0.877. The van der Waals surface area contributed by atoms with Crippen molar-refractivity contribution in [1.82, 2.24) is 4.90 Å². The van der Waals surface area contributed by atoms with Crippen LogP contribution in [0.25, 0.3) is 0 Å². The largest absolute Gasteiger partial charge is 0.493 e. The Morgan fingerprint density at radius 2 is 2.14 bits per heavy atom. The minimum Gasteiger partial charge on any atom is -0.493 e. The molecule has 1 aromatic carbocycles. The van der Waals surface area contributed by atoms with Crippen LogP contribution in [0, 0.1) is 5.92 Å². The van der Waals surface area contributed by atoms with Gasteiger partial charge in [0.25, 0.3) is 0 Å². The van der Waals surface area contributed by atoms with Crippen molar-refractivity contribution in [2.75, 3.05) is 33.9 Å². The first kappa shape index (κ1) is 16.4. The molecule has 1 heterocycles. The zero-order valence-corrected chi connectivity index (χ0v) is 13.8. The minimum atomic E-state index is 0.133. The second-order valence-electron chi connectivity index (χ2n) is 5.51. The van der Waals surface area contributed by atoms with E-state index in [1.807, 2.05) is 12.1 Å². The molecule has 4 nitrogen and oxygen atoms in total. The van der Waals surface area contributed by atoms with Crippen LogP contribution in [0.1, 0.15) is 31.4 Å². The average Bonchev–Trinajstić information content (AvgIpc) is 2.98. The molecule has 2 N–H and O–H groups in total. The number of hydrogen-bond acceptors (Lipinski definition) is 4. The molecule has 2 rings (SSSR count). The van der Waals surface area contributed by atoms with E-state index in [1.54, 1.807) is 14.2 Å². The lowest BCUT2D eigenvalue weighted by molar-refractivity contribution is 0.240. The van der Waals surface area contributed by atoms with E-state index in [0.717, 1.165) is 24.6 Å². The number of rotatable bonds is 6. The third-order valence-electron chi connectivity index (χ3n) is 4.43. The molecule has 1 aliphatic heterocycles. The van der Waals surface area contributed by atoms with Crippen molar-refractivity contribution in [2.45, 2.75) is 25.8 Å². The van der Waals surface area contributed by atoms with Gasteiger partial charge in [-0.25, -0.2) is 0 Å². The van der Waals surface area contributed by atoms with Gasteiger partial charge in [-0.15, -0.1) is 0 Å². The SMILES string of the molecule is CCC1CCN(C(CN)c2ccc(OC)c(OC)c2Cl)C1. The molecule has 0 saturated carbocycles. The van der Waals surface area contributed by atoms with E-state index in [2.05, 4.69) is 11.8 Å². The molecular weight excluding hydrogens is 288 g/mol. The smallest absolute Gasteiger partial charge is 0.179 e. The number of nitrogens with two attached hydrogens (primary N) is 1. The van der Waals surface area contributed by atoms with Crippen molar-refractivity contribution in [3.8, 4) is 11.5 Å². The van der Waals surface area contributed by atoms with E-state index >= 15 is 0 Å². The summed E-state index contributed by atoms with van der Waals surface area (Å²) in [7, 11) is 3.22. The molecule has 0 aromatic heterocycles. The molecule has 0 bridgehead atoms. The van der Waals surface area contributed by atoms with E-state index in [1.165, 1.54) is 12.8 Å². The first-order valence-corrected chi connectivity index (χ1v) is 7.88. The Hall–Kier alpha value is -0.970. The monoisotopic (exact) mass is 312 g/mol. The normalized spacial score (nSPS) is 20.5. The van der Waals surface area contributed by atoms with Crippen molar-refractivity contribution >= 4 is 11.6 Å². The molecule has 5 heteroatoms. The molecule has 1 aliphatic rings. The Morgan fingerprint density at radius 3 is 2.67 bits per heavy atom. The lowest BCUT2D eigenvalue weighted by atomic mass is 10.0. The molecule has 1 aromatic rings. The second kappa shape index (κ2) is 7.34. The number of ether oxygens (including phenoxy) is 2. The highest BCUT2D eigenvalue weighted by atomic mass is 35.5. The highest BCUT2D eigenvalue weighted by Gasteiger charge is 2.29. The topological polar surface area (TPSA) is 47.7 Å². The van der Waals surface area contributed by atoms with Gasteiger partial charge in [0, 0.05) is 19.1 Å². The highest BCUT2D eigenvalue weighted by molar-refractivity contribution is 6.33. The van der Waals surface area contributed by atoms with Crippen LogP contribution in [0.4, 0.5) is 0 Å². The fraction of sp³-hybridized carbons (Fsp3) is 0.625. The lowest BCUT2D eigenvalue weighted by Crippen LogP contribution is -2.32. The summed E-state index contributed by atoms with van der Waals surface area (Å²) < 4.78 is 10.7. The van der Waals surface area contributed by atoms with Crippen LogP contribution in [0.15, 0.2) is 12.1 Å². The molecule has 2 atom stereocenters. The van der Waals surface area contributed by atoms with Gasteiger partial charge >= 0.3 is 0 Å². The predicted octanol–water partition coefficient (Wildman–Crippen LogP) is 3.09. The standard InChI is InChI=1S/C16H25ClN2O2/c1-4-11-7-8-19(10-11)13(9-18)12-5-6-14(20-2)16(21-3)15(12)17/h5-6,11,13H,4,7-10,18H2,1-3H3. The van der Waals surface area contributed by atoms with Gasteiger partial charge in [-0.1, -0.05) is 31.0 Å². The van der Waals surface area contributed by atoms with Gasteiger partial charge in [0.1, 0.15) is 0 Å². The Kier molecular flexibility index (Phi) is 5.73. The summed E-state index contributed by atoms with van der Waals surface area (Å²) in [5.41, 5.74) is 7.05. The zero-order chi connectivity index (χ0) is 15.4. The van der Waals surface area contributed by atoms with Gasteiger partial charge in [-0.05, 0) is 30.5 Å². The maximum absolute atomic E-state index is 6.53. The molecule has 0 aliphatic carbocycles. The molecule has 0 radical (unpaired) electrons. The second-order valence-corrected chi connectivity index (χ2v) is 5.89. The molecule has 118 valence electrons. The van der Waals surface area contributed by atoms with Gasteiger partial charge in [0.2, 0.25) is 0 Å².